The zero-order valence-electron chi connectivity index (χ0n) is 10.9. The van der Waals surface area contributed by atoms with Gasteiger partial charge in [-0.15, -0.1) is 0 Å². The first kappa shape index (κ1) is 12.6. The van der Waals surface area contributed by atoms with Crippen LogP contribution in [0.25, 0.3) is 0 Å². The Morgan fingerprint density at radius 2 is 2.15 bits per heavy atom. The highest BCUT2D eigenvalue weighted by atomic mass is 16.5. The lowest BCUT2D eigenvalue weighted by Crippen LogP contribution is -2.00. The quantitative estimate of drug-likeness (QED) is 0.867. The van der Waals surface area contributed by atoms with Gasteiger partial charge in [-0.2, -0.15) is 0 Å². The average molecular weight is 271 g/mol. The Morgan fingerprint density at radius 1 is 1.40 bits per heavy atom. The highest BCUT2D eigenvalue weighted by Crippen LogP contribution is 2.40. The molecule has 0 spiro atoms. The number of aromatic hydroxyl groups is 1. The lowest BCUT2D eigenvalue weighted by atomic mass is 10.00. The van der Waals surface area contributed by atoms with E-state index < -0.39 is 0 Å². The number of fused-ring (bicyclic) bond motifs is 1. The van der Waals surface area contributed by atoms with Crippen molar-refractivity contribution in [3.8, 4) is 11.5 Å². The third kappa shape index (κ3) is 1.92. The van der Waals surface area contributed by atoms with Crippen LogP contribution in [0.15, 0.2) is 30.5 Å². The number of hydrogen-bond donors (Lipinski definition) is 1. The van der Waals surface area contributed by atoms with E-state index in [4.69, 9.17) is 9.47 Å². The minimum Gasteiger partial charge on any atom is -0.505 e. The van der Waals surface area contributed by atoms with Crippen molar-refractivity contribution in [1.82, 2.24) is 4.98 Å². The fourth-order valence-corrected chi connectivity index (χ4v) is 2.34. The number of pyridine rings is 1. The molecule has 0 amide bonds. The number of rotatable bonds is 3. The van der Waals surface area contributed by atoms with Crippen LogP contribution in [0.5, 0.6) is 11.5 Å². The van der Waals surface area contributed by atoms with Gasteiger partial charge in [0.15, 0.2) is 12.0 Å². The predicted octanol–water partition coefficient (Wildman–Crippen LogP) is 2.23. The van der Waals surface area contributed by atoms with E-state index in [-0.39, 0.29) is 24.2 Å². The zero-order chi connectivity index (χ0) is 14.1. The molecule has 0 bridgehead atoms. The van der Waals surface area contributed by atoms with Crippen molar-refractivity contribution >= 4 is 6.29 Å². The summed E-state index contributed by atoms with van der Waals surface area (Å²) < 4.78 is 10.8. The van der Waals surface area contributed by atoms with Crippen molar-refractivity contribution in [3.63, 3.8) is 0 Å². The third-order valence-electron chi connectivity index (χ3n) is 3.43. The van der Waals surface area contributed by atoms with Gasteiger partial charge in [0, 0.05) is 17.3 Å². The summed E-state index contributed by atoms with van der Waals surface area (Å²) in [6.07, 6.45) is 1.84. The van der Waals surface area contributed by atoms with Crippen molar-refractivity contribution < 1.29 is 19.4 Å². The Morgan fingerprint density at radius 3 is 2.80 bits per heavy atom. The lowest BCUT2D eigenvalue weighted by molar-refractivity contribution is 0.0932. The maximum Gasteiger partial charge on any atom is 0.172 e. The molecule has 3 rings (SSSR count). The van der Waals surface area contributed by atoms with Crippen LogP contribution < -0.4 is 4.74 Å². The van der Waals surface area contributed by atoms with E-state index >= 15 is 0 Å². The van der Waals surface area contributed by atoms with Gasteiger partial charge in [-0.05, 0) is 17.7 Å². The molecule has 5 heteroatoms. The second-order valence-corrected chi connectivity index (χ2v) is 4.51. The summed E-state index contributed by atoms with van der Waals surface area (Å²) in [6, 6.07) is 7.51. The number of nitrogens with zero attached hydrogens (tertiary/aromatic N) is 1. The highest BCUT2D eigenvalue weighted by molar-refractivity contribution is 5.77. The number of benzene rings is 1. The van der Waals surface area contributed by atoms with Crippen LogP contribution in [-0.2, 0) is 11.3 Å². The van der Waals surface area contributed by atoms with Crippen LogP contribution >= 0.6 is 0 Å². The van der Waals surface area contributed by atoms with E-state index in [0.717, 1.165) is 16.9 Å². The Kier molecular flexibility index (Phi) is 3.12. The molecule has 20 heavy (non-hydrogen) atoms. The molecule has 5 nitrogen and oxygen atoms in total. The lowest BCUT2D eigenvalue weighted by Gasteiger charge is -2.12. The topological polar surface area (TPSA) is 68.7 Å². The van der Waals surface area contributed by atoms with Crippen molar-refractivity contribution in [2.75, 3.05) is 7.11 Å². The number of ether oxygens (including phenoxy) is 2. The van der Waals surface area contributed by atoms with Crippen LogP contribution in [0.1, 0.15) is 33.3 Å². The molecule has 1 aromatic heterocycles. The molecular formula is C15H13NO4. The van der Waals surface area contributed by atoms with Crippen LogP contribution in [-0.4, -0.2) is 23.5 Å². The average Bonchev–Trinajstić information content (AvgIpc) is 2.92. The molecule has 1 aliphatic rings. The minimum absolute atomic E-state index is 0.0442. The third-order valence-corrected chi connectivity index (χ3v) is 3.43. The highest BCUT2D eigenvalue weighted by Gasteiger charge is 2.29. The fraction of sp³-hybridized carbons (Fsp3) is 0.200. The van der Waals surface area contributed by atoms with Crippen LogP contribution in [0.4, 0.5) is 0 Å². The molecule has 1 aliphatic heterocycles. The molecule has 0 saturated heterocycles. The molecule has 0 saturated carbocycles. The van der Waals surface area contributed by atoms with E-state index in [2.05, 4.69) is 4.98 Å². The van der Waals surface area contributed by atoms with E-state index in [9.17, 15) is 9.90 Å². The standard InChI is InChI=1S/C15H13NO4/c1-19-10-4-2-9(3-5-10)15-11-6-16-13(7-17)14(18)12(11)8-20-15/h2-7,15,18H,8H2,1H3. The van der Waals surface area contributed by atoms with Gasteiger partial charge >= 0.3 is 0 Å². The Labute approximate surface area is 115 Å². The number of aromatic nitrogens is 1. The van der Waals surface area contributed by atoms with E-state index in [1.807, 2.05) is 24.3 Å². The number of hydrogen-bond acceptors (Lipinski definition) is 5. The monoisotopic (exact) mass is 271 g/mol. The summed E-state index contributed by atoms with van der Waals surface area (Å²) in [6.45, 7) is 0.265. The van der Waals surface area contributed by atoms with Gasteiger partial charge in [-0.1, -0.05) is 12.1 Å². The van der Waals surface area contributed by atoms with Gasteiger partial charge in [0.05, 0.1) is 13.7 Å². The summed E-state index contributed by atoms with van der Waals surface area (Å²) in [5.74, 6) is 0.678. The maximum absolute atomic E-state index is 10.8. The summed E-state index contributed by atoms with van der Waals surface area (Å²) in [5, 5.41) is 9.96. The van der Waals surface area contributed by atoms with Gasteiger partial charge in [0.1, 0.15) is 17.5 Å². The van der Waals surface area contributed by atoms with Crippen molar-refractivity contribution in [3.05, 3.63) is 52.8 Å². The number of carbonyl (C=O) groups excluding carboxylic acids is 1. The first-order chi connectivity index (χ1) is 9.74. The summed E-state index contributed by atoms with van der Waals surface area (Å²) >= 11 is 0. The van der Waals surface area contributed by atoms with Crippen LogP contribution in [0, 0.1) is 0 Å². The Bertz CT molecular complexity index is 652. The second kappa shape index (κ2) is 4.94. The van der Waals surface area contributed by atoms with Crippen molar-refractivity contribution in [2.45, 2.75) is 12.7 Å². The van der Waals surface area contributed by atoms with Gasteiger partial charge < -0.3 is 14.6 Å². The largest absolute Gasteiger partial charge is 0.505 e. The van der Waals surface area contributed by atoms with Gasteiger partial charge in [0.2, 0.25) is 0 Å². The number of aldehydes is 1. The molecule has 1 unspecified atom stereocenters. The normalized spacial score (nSPS) is 16.8. The maximum atomic E-state index is 10.8. The van der Waals surface area contributed by atoms with E-state index in [1.165, 1.54) is 0 Å². The molecule has 2 aromatic rings. The summed E-state index contributed by atoms with van der Waals surface area (Å²) in [7, 11) is 1.61. The second-order valence-electron chi connectivity index (χ2n) is 4.51. The predicted molar refractivity (Wildman–Crippen MR) is 70.9 cm³/mol. The van der Waals surface area contributed by atoms with Crippen LogP contribution in [0.3, 0.4) is 0 Å². The SMILES string of the molecule is COc1ccc(C2OCc3c2cnc(C=O)c3O)cc1. The van der Waals surface area contributed by atoms with Gasteiger partial charge in [-0.3, -0.25) is 4.79 Å². The fourth-order valence-electron chi connectivity index (χ4n) is 2.34. The molecule has 1 atom stereocenters. The molecule has 0 aliphatic carbocycles. The molecule has 2 heterocycles. The minimum atomic E-state index is -0.282. The summed E-state index contributed by atoms with van der Waals surface area (Å²) in [4.78, 5) is 14.7. The molecule has 1 aromatic carbocycles. The molecule has 1 N–H and O–H groups in total. The summed E-state index contributed by atoms with van der Waals surface area (Å²) in [5.41, 5.74) is 2.41. The van der Waals surface area contributed by atoms with E-state index in [1.54, 1.807) is 13.3 Å². The number of carbonyl (C=O) groups is 1. The molecule has 0 radical (unpaired) electrons. The first-order valence-electron chi connectivity index (χ1n) is 6.16. The molecule has 102 valence electrons. The zero-order valence-corrected chi connectivity index (χ0v) is 10.9. The Hall–Kier alpha value is -2.40. The number of methoxy groups -OCH3 is 1. The smallest absolute Gasteiger partial charge is 0.172 e. The first-order valence-corrected chi connectivity index (χ1v) is 6.16. The molecular weight excluding hydrogens is 258 g/mol. The van der Waals surface area contributed by atoms with Crippen LogP contribution in [0.2, 0.25) is 0 Å². The van der Waals surface area contributed by atoms with Crippen molar-refractivity contribution in [2.24, 2.45) is 0 Å². The van der Waals surface area contributed by atoms with Gasteiger partial charge in [-0.25, -0.2) is 4.98 Å². The molecule has 0 fully saturated rings. The van der Waals surface area contributed by atoms with Crippen molar-refractivity contribution in [1.29, 1.82) is 0 Å². The Balaban J connectivity index is 2.00. The van der Waals surface area contributed by atoms with E-state index in [0.29, 0.717) is 11.8 Å². The van der Waals surface area contributed by atoms with Gasteiger partial charge in [0.25, 0.3) is 0 Å².